The van der Waals surface area contributed by atoms with Gasteiger partial charge in [0.05, 0.1) is 35.9 Å². The van der Waals surface area contributed by atoms with Crippen molar-refractivity contribution in [1.29, 1.82) is 0 Å². The SMILES string of the molecule is COc1cc(F)cc(-c2cccc3[nH]c(-c4n[nH]c5ccc(-c6cncc(N(C)C)c6)nc45)cc23)c1. The van der Waals surface area contributed by atoms with Crippen LogP contribution in [0.25, 0.3) is 55.7 Å². The van der Waals surface area contributed by atoms with Crippen molar-refractivity contribution in [3.05, 3.63) is 78.9 Å². The van der Waals surface area contributed by atoms with Gasteiger partial charge in [-0.25, -0.2) is 9.37 Å². The summed E-state index contributed by atoms with van der Waals surface area (Å²) in [5, 5.41) is 8.60. The number of nitrogens with one attached hydrogen (secondary N) is 2. The number of hydrogen-bond acceptors (Lipinski definition) is 5. The second-order valence-corrected chi connectivity index (χ2v) is 8.82. The minimum atomic E-state index is -0.347. The average Bonchev–Trinajstić information content (AvgIpc) is 3.51. The molecule has 0 amide bonds. The zero-order valence-corrected chi connectivity index (χ0v) is 20.0. The largest absolute Gasteiger partial charge is 0.497 e. The van der Waals surface area contributed by atoms with Crippen LogP contribution in [-0.2, 0) is 0 Å². The number of aromatic amines is 2. The van der Waals surface area contributed by atoms with E-state index in [-0.39, 0.29) is 5.82 Å². The van der Waals surface area contributed by atoms with Crippen molar-refractivity contribution in [2.45, 2.75) is 0 Å². The van der Waals surface area contributed by atoms with Gasteiger partial charge >= 0.3 is 0 Å². The predicted molar refractivity (Wildman–Crippen MR) is 141 cm³/mol. The van der Waals surface area contributed by atoms with E-state index in [2.05, 4.69) is 26.2 Å². The zero-order valence-electron chi connectivity index (χ0n) is 20.0. The number of benzene rings is 2. The molecule has 0 saturated carbocycles. The minimum absolute atomic E-state index is 0.347. The summed E-state index contributed by atoms with van der Waals surface area (Å²) in [6.07, 6.45) is 3.63. The zero-order chi connectivity index (χ0) is 24.8. The molecule has 178 valence electrons. The third-order valence-electron chi connectivity index (χ3n) is 6.28. The Bertz CT molecular complexity index is 1740. The van der Waals surface area contributed by atoms with E-state index in [9.17, 15) is 4.39 Å². The van der Waals surface area contributed by atoms with Gasteiger partial charge < -0.3 is 14.6 Å². The second kappa shape index (κ2) is 8.49. The first kappa shape index (κ1) is 21.8. The van der Waals surface area contributed by atoms with E-state index < -0.39 is 0 Å². The molecule has 0 radical (unpaired) electrons. The van der Waals surface area contributed by atoms with Crippen molar-refractivity contribution < 1.29 is 9.13 Å². The highest BCUT2D eigenvalue weighted by molar-refractivity contribution is 6.00. The van der Waals surface area contributed by atoms with Crippen LogP contribution in [0, 0.1) is 5.82 Å². The van der Waals surface area contributed by atoms with Gasteiger partial charge in [0.15, 0.2) is 0 Å². The molecule has 0 unspecified atom stereocenters. The maximum Gasteiger partial charge on any atom is 0.135 e. The van der Waals surface area contributed by atoms with Gasteiger partial charge in [0.25, 0.3) is 0 Å². The highest BCUT2D eigenvalue weighted by Gasteiger charge is 2.16. The number of hydrogen-bond donors (Lipinski definition) is 2. The van der Waals surface area contributed by atoms with E-state index >= 15 is 0 Å². The van der Waals surface area contributed by atoms with Gasteiger partial charge in [0.1, 0.15) is 22.8 Å². The van der Waals surface area contributed by atoms with E-state index in [0.29, 0.717) is 11.4 Å². The number of rotatable bonds is 5. The minimum Gasteiger partial charge on any atom is -0.497 e. The number of methoxy groups -OCH3 is 1. The topological polar surface area (TPSA) is 82.7 Å². The standard InChI is InChI=1S/C28H23FN6O/c1-35(2)19-10-17(14-30-15-19)23-7-8-25-27(32-23)28(34-33-25)26-13-22-21(5-4-6-24(22)31-26)16-9-18(29)12-20(11-16)36-3/h4-15,31H,1-3H3,(H,33,34). The van der Waals surface area contributed by atoms with Gasteiger partial charge in [0, 0.05) is 42.8 Å². The molecule has 4 heterocycles. The van der Waals surface area contributed by atoms with Crippen LogP contribution >= 0.6 is 0 Å². The van der Waals surface area contributed by atoms with Crippen molar-refractivity contribution in [3.8, 4) is 39.5 Å². The molecule has 6 aromatic rings. The fourth-order valence-corrected chi connectivity index (χ4v) is 4.43. The van der Waals surface area contributed by atoms with Gasteiger partial charge in [0.2, 0.25) is 0 Å². The van der Waals surface area contributed by atoms with Crippen LogP contribution in [0.2, 0.25) is 0 Å². The third kappa shape index (κ3) is 3.73. The molecule has 7 nitrogen and oxygen atoms in total. The summed E-state index contributed by atoms with van der Waals surface area (Å²) in [5.74, 6) is 0.126. The summed E-state index contributed by atoms with van der Waals surface area (Å²) in [4.78, 5) is 14.8. The molecule has 0 saturated heterocycles. The van der Waals surface area contributed by atoms with Gasteiger partial charge in [-0.1, -0.05) is 12.1 Å². The monoisotopic (exact) mass is 478 g/mol. The number of halogens is 1. The second-order valence-electron chi connectivity index (χ2n) is 8.82. The Hall–Kier alpha value is -4.72. The van der Waals surface area contributed by atoms with Gasteiger partial charge in [-0.2, -0.15) is 5.10 Å². The van der Waals surface area contributed by atoms with Crippen molar-refractivity contribution in [1.82, 2.24) is 25.1 Å². The summed E-state index contributed by atoms with van der Waals surface area (Å²) >= 11 is 0. The van der Waals surface area contributed by atoms with E-state index in [1.54, 1.807) is 0 Å². The number of ether oxygens (including phenoxy) is 1. The van der Waals surface area contributed by atoms with Crippen molar-refractivity contribution >= 4 is 27.6 Å². The first-order valence-corrected chi connectivity index (χ1v) is 11.4. The van der Waals surface area contributed by atoms with Crippen LogP contribution in [0.1, 0.15) is 0 Å². The molecule has 0 spiro atoms. The van der Waals surface area contributed by atoms with Crippen molar-refractivity contribution in [2.75, 3.05) is 26.1 Å². The Morgan fingerprint density at radius 3 is 2.64 bits per heavy atom. The highest BCUT2D eigenvalue weighted by atomic mass is 19.1. The lowest BCUT2D eigenvalue weighted by atomic mass is 10.0. The van der Waals surface area contributed by atoms with Crippen LogP contribution in [0.3, 0.4) is 0 Å². The Morgan fingerprint density at radius 1 is 0.917 bits per heavy atom. The summed E-state index contributed by atoms with van der Waals surface area (Å²) < 4.78 is 19.5. The van der Waals surface area contributed by atoms with E-state index in [4.69, 9.17) is 9.72 Å². The number of pyridine rings is 2. The van der Waals surface area contributed by atoms with Gasteiger partial charge in [-0.05, 0) is 53.6 Å². The van der Waals surface area contributed by atoms with Gasteiger partial charge in [-0.3, -0.25) is 10.1 Å². The number of aromatic nitrogens is 5. The Morgan fingerprint density at radius 2 is 1.81 bits per heavy atom. The molecule has 0 bridgehead atoms. The molecule has 36 heavy (non-hydrogen) atoms. The molecule has 6 rings (SSSR count). The van der Waals surface area contributed by atoms with Crippen LogP contribution in [0.4, 0.5) is 10.1 Å². The van der Waals surface area contributed by atoms with E-state index in [0.717, 1.165) is 55.7 Å². The summed E-state index contributed by atoms with van der Waals surface area (Å²) in [6.45, 7) is 0. The molecule has 0 aliphatic heterocycles. The van der Waals surface area contributed by atoms with E-state index in [1.165, 1.54) is 19.2 Å². The number of anilines is 1. The normalized spacial score (nSPS) is 11.3. The van der Waals surface area contributed by atoms with Crippen LogP contribution in [-0.4, -0.2) is 46.4 Å². The Kier molecular flexibility index (Phi) is 5.14. The highest BCUT2D eigenvalue weighted by Crippen LogP contribution is 2.35. The Labute approximate surface area is 206 Å². The van der Waals surface area contributed by atoms with Crippen LogP contribution in [0.5, 0.6) is 5.75 Å². The smallest absolute Gasteiger partial charge is 0.135 e. The molecule has 2 N–H and O–H groups in total. The molecule has 0 aliphatic rings. The maximum atomic E-state index is 14.2. The average molecular weight is 479 g/mol. The lowest BCUT2D eigenvalue weighted by Gasteiger charge is -2.12. The van der Waals surface area contributed by atoms with E-state index in [1.807, 2.05) is 73.9 Å². The third-order valence-corrected chi connectivity index (χ3v) is 6.28. The molecule has 0 atom stereocenters. The number of nitrogens with zero attached hydrogens (tertiary/aromatic N) is 4. The van der Waals surface area contributed by atoms with Crippen molar-refractivity contribution in [2.24, 2.45) is 0 Å². The summed E-state index contributed by atoms with van der Waals surface area (Å²) in [7, 11) is 5.50. The first-order valence-electron chi connectivity index (χ1n) is 11.4. The fraction of sp³-hybridized carbons (Fsp3) is 0.107. The molecule has 0 aliphatic carbocycles. The molecule has 0 fully saturated rings. The van der Waals surface area contributed by atoms with Crippen molar-refractivity contribution in [3.63, 3.8) is 0 Å². The quantitative estimate of drug-likeness (QED) is 0.315. The molecular formula is C28H23FN6O. The maximum absolute atomic E-state index is 14.2. The van der Waals surface area contributed by atoms with Gasteiger partial charge in [-0.15, -0.1) is 0 Å². The Balaban J connectivity index is 1.47. The molecule has 8 heteroatoms. The fourth-order valence-electron chi connectivity index (χ4n) is 4.43. The molecule has 4 aromatic heterocycles. The number of fused-ring (bicyclic) bond motifs is 2. The summed E-state index contributed by atoms with van der Waals surface area (Å²) in [5.41, 5.74) is 8.40. The lowest BCUT2D eigenvalue weighted by Crippen LogP contribution is -2.08. The van der Waals surface area contributed by atoms with Crippen LogP contribution in [0.15, 0.2) is 73.1 Å². The first-order chi connectivity index (χ1) is 17.5. The van der Waals surface area contributed by atoms with Crippen LogP contribution < -0.4 is 9.64 Å². The molecule has 2 aromatic carbocycles. The number of H-pyrrole nitrogens is 2. The summed E-state index contributed by atoms with van der Waals surface area (Å²) in [6, 6.07) is 18.6. The molecular weight excluding hydrogens is 455 g/mol. The lowest BCUT2D eigenvalue weighted by molar-refractivity contribution is 0.411. The predicted octanol–water partition coefficient (Wildman–Crippen LogP) is 6.05.